The van der Waals surface area contributed by atoms with Crippen LogP contribution in [-0.2, 0) is 31.4 Å². The van der Waals surface area contributed by atoms with Gasteiger partial charge in [-0.15, -0.1) is 0 Å². The van der Waals surface area contributed by atoms with E-state index < -0.39 is 50.7 Å². The van der Waals surface area contributed by atoms with Gasteiger partial charge in [0.15, 0.2) is 0 Å². The summed E-state index contributed by atoms with van der Waals surface area (Å²) in [6.45, 7) is 1.45. The highest BCUT2D eigenvalue weighted by Gasteiger charge is 2.34. The molecule has 3 aromatic carbocycles. The number of fused-ring (bicyclic) bond motifs is 2. The zero-order valence-electron chi connectivity index (χ0n) is 21.1. The maximum Gasteiger partial charge on any atom is 0.305 e. The number of rotatable bonds is 10. The molecule has 1 amide bonds. The summed E-state index contributed by atoms with van der Waals surface area (Å²) in [6, 6.07) is 18.2. The van der Waals surface area contributed by atoms with Gasteiger partial charge in [0.25, 0.3) is 26.0 Å². The standard InChI is InChI=1S/C27H28N2O8S2/c1-19-10-12-21(13-11-19)39(36,37)29(16-14-26(30)31)27(32)22-7-4-9-25-23(22)18-20-6-2-3-8-24(20)28(25)15-5-17-38(33,34)35/h2-4,6-13H,5,14-18H2,1H3,(H,30,31)(H,33,34,35). The summed E-state index contributed by atoms with van der Waals surface area (Å²) < 4.78 is 59.5. The molecule has 0 unspecified atom stereocenters. The molecule has 0 atom stereocenters. The van der Waals surface area contributed by atoms with Crippen LogP contribution in [-0.4, -0.2) is 61.5 Å². The lowest BCUT2D eigenvalue weighted by Crippen LogP contribution is -2.39. The fourth-order valence-corrected chi connectivity index (χ4v) is 6.48. The van der Waals surface area contributed by atoms with Crippen LogP contribution in [0.3, 0.4) is 0 Å². The molecule has 0 radical (unpaired) electrons. The Morgan fingerprint density at radius 3 is 2.26 bits per heavy atom. The number of hydrogen-bond acceptors (Lipinski definition) is 7. The molecule has 1 aliphatic heterocycles. The van der Waals surface area contributed by atoms with E-state index >= 15 is 0 Å². The van der Waals surface area contributed by atoms with Gasteiger partial charge in [-0.25, -0.2) is 12.7 Å². The Morgan fingerprint density at radius 1 is 0.923 bits per heavy atom. The first-order valence-corrected chi connectivity index (χ1v) is 15.2. The Bertz CT molecular complexity index is 1620. The van der Waals surface area contributed by atoms with Gasteiger partial charge in [0, 0.05) is 36.4 Å². The Hall–Kier alpha value is -3.74. The number of aryl methyl sites for hydroxylation is 1. The van der Waals surface area contributed by atoms with Crippen LogP contribution in [0.1, 0.15) is 39.9 Å². The number of benzene rings is 3. The van der Waals surface area contributed by atoms with Gasteiger partial charge in [0.05, 0.1) is 17.1 Å². The number of carboxylic acid groups (broad SMARTS) is 1. The van der Waals surface area contributed by atoms with Gasteiger partial charge in [-0.05, 0) is 54.8 Å². The Labute approximate surface area is 227 Å². The lowest BCUT2D eigenvalue weighted by atomic mass is 9.91. The fraction of sp³-hybridized carbons (Fsp3) is 0.259. The van der Waals surface area contributed by atoms with Crippen molar-refractivity contribution in [1.29, 1.82) is 0 Å². The van der Waals surface area contributed by atoms with E-state index in [-0.39, 0.29) is 23.4 Å². The predicted octanol–water partition coefficient (Wildman–Crippen LogP) is 3.62. The number of amides is 1. The number of nitrogens with zero attached hydrogens (tertiary/aromatic N) is 2. The number of anilines is 2. The van der Waals surface area contributed by atoms with Crippen LogP contribution in [0.2, 0.25) is 0 Å². The van der Waals surface area contributed by atoms with E-state index in [1.807, 2.05) is 29.2 Å². The highest BCUT2D eigenvalue weighted by Crippen LogP contribution is 2.40. The summed E-state index contributed by atoms with van der Waals surface area (Å²) in [5.41, 5.74) is 3.70. The monoisotopic (exact) mass is 572 g/mol. The summed E-state index contributed by atoms with van der Waals surface area (Å²) in [6.07, 6.45) is -0.159. The van der Waals surface area contributed by atoms with Crippen LogP contribution in [0.4, 0.5) is 11.4 Å². The minimum absolute atomic E-state index is 0.0999. The molecule has 12 heteroatoms. The minimum Gasteiger partial charge on any atom is -0.481 e. The molecule has 0 spiro atoms. The van der Waals surface area contributed by atoms with E-state index in [4.69, 9.17) is 0 Å². The van der Waals surface area contributed by atoms with E-state index in [1.165, 1.54) is 18.2 Å². The van der Waals surface area contributed by atoms with Crippen molar-refractivity contribution < 1.29 is 36.1 Å². The minimum atomic E-state index is -4.38. The second-order valence-electron chi connectivity index (χ2n) is 9.24. The van der Waals surface area contributed by atoms with Crippen LogP contribution in [0, 0.1) is 6.92 Å². The van der Waals surface area contributed by atoms with Crippen molar-refractivity contribution >= 4 is 43.4 Å². The molecule has 0 saturated heterocycles. The van der Waals surface area contributed by atoms with Crippen molar-refractivity contribution in [1.82, 2.24) is 4.31 Å². The SMILES string of the molecule is Cc1ccc(S(=O)(=O)N(CCC(=O)O)C(=O)c2cccc3c2Cc2ccccc2N3CCCS(=O)(=O)O)cc1. The number of carboxylic acids is 1. The van der Waals surface area contributed by atoms with Crippen molar-refractivity contribution in [3.63, 3.8) is 0 Å². The molecule has 1 heterocycles. The van der Waals surface area contributed by atoms with Gasteiger partial charge >= 0.3 is 5.97 Å². The van der Waals surface area contributed by atoms with Crippen LogP contribution in [0.5, 0.6) is 0 Å². The number of para-hydroxylation sites is 1. The molecule has 3 aromatic rings. The van der Waals surface area contributed by atoms with Gasteiger partial charge in [-0.2, -0.15) is 8.42 Å². The molecular formula is C27H28N2O8S2. The molecule has 1 aliphatic rings. The molecule has 10 nitrogen and oxygen atoms in total. The van der Waals surface area contributed by atoms with Crippen molar-refractivity contribution in [2.45, 2.75) is 31.1 Å². The molecule has 0 aliphatic carbocycles. The lowest BCUT2D eigenvalue weighted by molar-refractivity contribution is -0.137. The van der Waals surface area contributed by atoms with Crippen LogP contribution in [0.15, 0.2) is 71.6 Å². The number of hydrogen-bond donors (Lipinski definition) is 2. The van der Waals surface area contributed by atoms with Gasteiger partial charge in [0.1, 0.15) is 0 Å². The van der Waals surface area contributed by atoms with E-state index in [0.29, 0.717) is 22.0 Å². The first kappa shape index (κ1) is 28.3. The highest BCUT2D eigenvalue weighted by atomic mass is 32.2. The maximum absolute atomic E-state index is 13.9. The van der Waals surface area contributed by atoms with Crippen LogP contribution < -0.4 is 4.90 Å². The fourth-order valence-electron chi connectivity index (χ4n) is 4.60. The third-order valence-electron chi connectivity index (χ3n) is 6.47. The van der Waals surface area contributed by atoms with Gasteiger partial charge in [0.2, 0.25) is 0 Å². The summed E-state index contributed by atoms with van der Waals surface area (Å²) >= 11 is 0. The smallest absolute Gasteiger partial charge is 0.305 e. The summed E-state index contributed by atoms with van der Waals surface area (Å²) in [5.74, 6) is -2.55. The number of carbonyl (C=O) groups excluding carboxylic acids is 1. The third kappa shape index (κ3) is 6.29. The quantitative estimate of drug-likeness (QED) is 0.347. The molecule has 4 rings (SSSR count). The van der Waals surface area contributed by atoms with Crippen LogP contribution in [0.25, 0.3) is 0 Å². The van der Waals surface area contributed by atoms with Gasteiger partial charge in [-0.1, -0.05) is 42.0 Å². The summed E-state index contributed by atoms with van der Waals surface area (Å²) in [7, 11) is -8.55. The van der Waals surface area contributed by atoms with Crippen LogP contribution >= 0.6 is 0 Å². The Balaban J connectivity index is 1.78. The maximum atomic E-state index is 13.9. The van der Waals surface area contributed by atoms with E-state index in [9.17, 15) is 36.1 Å². The molecule has 0 bridgehead atoms. The zero-order chi connectivity index (χ0) is 28.4. The Morgan fingerprint density at radius 2 is 1.59 bits per heavy atom. The largest absolute Gasteiger partial charge is 0.481 e. The average molecular weight is 573 g/mol. The Kier molecular flexibility index (Phi) is 8.09. The first-order chi connectivity index (χ1) is 18.4. The van der Waals surface area contributed by atoms with Crippen molar-refractivity contribution in [2.75, 3.05) is 23.7 Å². The normalized spacial score (nSPS) is 12.9. The van der Waals surface area contributed by atoms with Gasteiger partial charge < -0.3 is 10.0 Å². The first-order valence-electron chi connectivity index (χ1n) is 12.2. The summed E-state index contributed by atoms with van der Waals surface area (Å²) in [4.78, 5) is 27.0. The lowest BCUT2D eigenvalue weighted by Gasteiger charge is -2.35. The van der Waals surface area contributed by atoms with E-state index in [2.05, 4.69) is 0 Å². The number of carbonyl (C=O) groups is 2. The number of sulfonamides is 1. The predicted molar refractivity (Wildman–Crippen MR) is 145 cm³/mol. The molecule has 0 aromatic heterocycles. The average Bonchev–Trinajstić information content (AvgIpc) is 2.87. The van der Waals surface area contributed by atoms with E-state index in [0.717, 1.165) is 16.8 Å². The molecular weight excluding hydrogens is 544 g/mol. The second kappa shape index (κ2) is 11.2. The summed E-state index contributed by atoms with van der Waals surface area (Å²) in [5, 5.41) is 9.26. The van der Waals surface area contributed by atoms with Crippen molar-refractivity contribution in [2.24, 2.45) is 0 Å². The van der Waals surface area contributed by atoms with Crippen molar-refractivity contribution in [3.8, 4) is 0 Å². The number of aliphatic carboxylic acids is 1. The molecule has 39 heavy (non-hydrogen) atoms. The van der Waals surface area contributed by atoms with Gasteiger partial charge in [-0.3, -0.25) is 14.1 Å². The molecule has 2 N–H and O–H groups in total. The van der Waals surface area contributed by atoms with Crippen molar-refractivity contribution in [3.05, 3.63) is 89.0 Å². The zero-order valence-corrected chi connectivity index (χ0v) is 22.8. The highest BCUT2D eigenvalue weighted by molar-refractivity contribution is 7.89. The second-order valence-corrected chi connectivity index (χ2v) is 12.7. The molecule has 0 fully saturated rings. The topological polar surface area (TPSA) is 149 Å². The van der Waals surface area contributed by atoms with E-state index in [1.54, 1.807) is 31.2 Å². The molecule has 0 saturated carbocycles. The third-order valence-corrected chi connectivity index (χ3v) is 9.07. The molecule has 206 valence electrons.